The van der Waals surface area contributed by atoms with Crippen LogP contribution in [0.25, 0.3) is 0 Å². The minimum Gasteiger partial charge on any atom is -0.476 e. The van der Waals surface area contributed by atoms with Crippen LogP contribution in [0.2, 0.25) is 0 Å². The van der Waals surface area contributed by atoms with Crippen LogP contribution in [0.15, 0.2) is 18.2 Å². The summed E-state index contributed by atoms with van der Waals surface area (Å²) < 4.78 is 5.78. The van der Waals surface area contributed by atoms with E-state index in [0.29, 0.717) is 18.2 Å². The molecule has 0 aromatic heterocycles. The molecule has 0 bridgehead atoms. The normalized spacial score (nSPS) is 17.4. The van der Waals surface area contributed by atoms with Gasteiger partial charge in [0.2, 0.25) is 0 Å². The first-order chi connectivity index (χ1) is 8.85. The molecule has 2 rings (SSSR count). The standard InChI is InChI=1S/C15H21NO3/c1-10(2)8-16-12-6-5-11(9-17)7-13(12)19-15(3,4)14(16)18/h5-7,10,17H,8-9H2,1-4H3. The predicted molar refractivity (Wildman–Crippen MR) is 74.3 cm³/mol. The molecule has 0 unspecified atom stereocenters. The van der Waals surface area contributed by atoms with Crippen molar-refractivity contribution in [3.63, 3.8) is 0 Å². The summed E-state index contributed by atoms with van der Waals surface area (Å²) in [7, 11) is 0. The maximum absolute atomic E-state index is 12.5. The van der Waals surface area contributed by atoms with Crippen molar-refractivity contribution in [2.75, 3.05) is 11.4 Å². The van der Waals surface area contributed by atoms with Crippen LogP contribution in [-0.2, 0) is 11.4 Å². The summed E-state index contributed by atoms with van der Waals surface area (Å²) in [5.41, 5.74) is 0.708. The second-order valence-corrected chi connectivity index (χ2v) is 5.88. The lowest BCUT2D eigenvalue weighted by Gasteiger charge is -2.39. The van der Waals surface area contributed by atoms with Crippen LogP contribution in [0.4, 0.5) is 5.69 Å². The highest BCUT2D eigenvalue weighted by Crippen LogP contribution is 2.38. The van der Waals surface area contributed by atoms with Crippen LogP contribution in [0.3, 0.4) is 0 Å². The summed E-state index contributed by atoms with van der Waals surface area (Å²) in [5.74, 6) is 1.02. The van der Waals surface area contributed by atoms with Gasteiger partial charge in [0.05, 0.1) is 12.3 Å². The molecule has 1 aliphatic heterocycles. The van der Waals surface area contributed by atoms with Crippen molar-refractivity contribution in [1.82, 2.24) is 0 Å². The summed E-state index contributed by atoms with van der Waals surface area (Å²) >= 11 is 0. The number of nitrogens with zero attached hydrogens (tertiary/aromatic N) is 1. The Morgan fingerprint density at radius 1 is 1.37 bits per heavy atom. The van der Waals surface area contributed by atoms with E-state index in [1.54, 1.807) is 24.8 Å². The molecule has 1 heterocycles. The molecular formula is C15H21NO3. The second-order valence-electron chi connectivity index (χ2n) is 5.88. The number of aliphatic hydroxyl groups is 1. The van der Waals surface area contributed by atoms with Crippen molar-refractivity contribution in [2.24, 2.45) is 5.92 Å². The molecule has 1 aliphatic rings. The smallest absolute Gasteiger partial charge is 0.270 e. The maximum atomic E-state index is 12.5. The summed E-state index contributed by atoms with van der Waals surface area (Å²) in [4.78, 5) is 14.2. The number of amides is 1. The van der Waals surface area contributed by atoms with Crippen LogP contribution in [0.1, 0.15) is 33.3 Å². The Hall–Kier alpha value is -1.55. The number of hydrogen-bond acceptors (Lipinski definition) is 3. The van der Waals surface area contributed by atoms with Gasteiger partial charge in [-0.2, -0.15) is 0 Å². The average Bonchev–Trinajstić information content (AvgIpc) is 2.33. The molecule has 1 aromatic rings. The van der Waals surface area contributed by atoms with Crippen molar-refractivity contribution < 1.29 is 14.6 Å². The minimum atomic E-state index is -0.865. The molecule has 1 amide bonds. The van der Waals surface area contributed by atoms with Crippen molar-refractivity contribution in [3.05, 3.63) is 23.8 Å². The van der Waals surface area contributed by atoms with Crippen molar-refractivity contribution in [2.45, 2.75) is 39.9 Å². The van der Waals surface area contributed by atoms with Gasteiger partial charge < -0.3 is 14.7 Å². The van der Waals surface area contributed by atoms with E-state index in [-0.39, 0.29) is 12.5 Å². The highest BCUT2D eigenvalue weighted by atomic mass is 16.5. The highest BCUT2D eigenvalue weighted by molar-refractivity contribution is 6.02. The Morgan fingerprint density at radius 3 is 2.63 bits per heavy atom. The third kappa shape index (κ3) is 2.59. The number of carbonyl (C=O) groups excluding carboxylic acids is 1. The van der Waals surface area contributed by atoms with Gasteiger partial charge in [-0.25, -0.2) is 0 Å². The number of anilines is 1. The molecule has 1 N–H and O–H groups in total. The van der Waals surface area contributed by atoms with Crippen molar-refractivity contribution >= 4 is 11.6 Å². The molecule has 4 nitrogen and oxygen atoms in total. The van der Waals surface area contributed by atoms with Gasteiger partial charge in [-0.3, -0.25) is 4.79 Å². The van der Waals surface area contributed by atoms with E-state index in [1.165, 1.54) is 0 Å². The number of carbonyl (C=O) groups is 1. The van der Waals surface area contributed by atoms with E-state index in [1.807, 2.05) is 12.1 Å². The molecule has 0 aliphatic carbocycles. The Kier molecular flexibility index (Phi) is 3.54. The van der Waals surface area contributed by atoms with Gasteiger partial charge in [0.15, 0.2) is 5.60 Å². The van der Waals surface area contributed by atoms with Crippen LogP contribution in [-0.4, -0.2) is 23.2 Å². The van der Waals surface area contributed by atoms with Crippen molar-refractivity contribution in [1.29, 1.82) is 0 Å². The number of fused-ring (bicyclic) bond motifs is 1. The molecule has 19 heavy (non-hydrogen) atoms. The molecule has 0 radical (unpaired) electrons. The van der Waals surface area contributed by atoms with Gasteiger partial charge in [-0.05, 0) is 37.5 Å². The third-order valence-electron chi connectivity index (χ3n) is 3.17. The number of benzene rings is 1. The zero-order valence-corrected chi connectivity index (χ0v) is 11.9. The number of rotatable bonds is 3. The first-order valence-corrected chi connectivity index (χ1v) is 6.60. The Labute approximate surface area is 114 Å². The fraction of sp³-hybridized carbons (Fsp3) is 0.533. The summed E-state index contributed by atoms with van der Waals surface area (Å²) in [6.45, 7) is 8.34. The minimum absolute atomic E-state index is 0.0227. The van der Waals surface area contributed by atoms with Crippen LogP contribution >= 0.6 is 0 Å². The fourth-order valence-corrected chi connectivity index (χ4v) is 2.26. The lowest BCUT2D eigenvalue weighted by Crippen LogP contribution is -2.53. The van der Waals surface area contributed by atoms with Crippen LogP contribution in [0, 0.1) is 5.92 Å². The van der Waals surface area contributed by atoms with Gasteiger partial charge >= 0.3 is 0 Å². The second kappa shape index (κ2) is 4.85. The SMILES string of the molecule is CC(C)CN1C(=O)C(C)(C)Oc2cc(CO)ccc21. The molecule has 0 spiro atoms. The van der Waals surface area contributed by atoms with E-state index in [2.05, 4.69) is 13.8 Å². The Bertz CT molecular complexity index is 494. The molecular weight excluding hydrogens is 242 g/mol. The molecule has 4 heteroatoms. The topological polar surface area (TPSA) is 49.8 Å². The lowest BCUT2D eigenvalue weighted by atomic mass is 10.0. The maximum Gasteiger partial charge on any atom is 0.270 e. The predicted octanol–water partition coefficient (Wildman–Crippen LogP) is 2.34. The lowest BCUT2D eigenvalue weighted by molar-refractivity contribution is -0.132. The van der Waals surface area contributed by atoms with Crippen LogP contribution < -0.4 is 9.64 Å². The Balaban J connectivity index is 2.47. The summed E-state index contributed by atoms with van der Waals surface area (Å²) in [5, 5.41) is 9.20. The van der Waals surface area contributed by atoms with Gasteiger partial charge in [0, 0.05) is 6.54 Å². The van der Waals surface area contributed by atoms with Crippen molar-refractivity contribution in [3.8, 4) is 5.75 Å². The summed E-state index contributed by atoms with van der Waals surface area (Å²) in [6, 6.07) is 5.47. The molecule has 0 saturated carbocycles. The Morgan fingerprint density at radius 2 is 2.05 bits per heavy atom. The van der Waals surface area contributed by atoms with Crippen LogP contribution in [0.5, 0.6) is 5.75 Å². The van der Waals surface area contributed by atoms with Gasteiger partial charge in [0.25, 0.3) is 5.91 Å². The number of aliphatic hydroxyl groups excluding tert-OH is 1. The van der Waals surface area contributed by atoms with Gasteiger partial charge in [0.1, 0.15) is 5.75 Å². The summed E-state index contributed by atoms with van der Waals surface area (Å²) in [6.07, 6.45) is 0. The zero-order chi connectivity index (χ0) is 14.2. The number of hydrogen-bond donors (Lipinski definition) is 1. The first-order valence-electron chi connectivity index (χ1n) is 6.60. The molecule has 0 fully saturated rings. The average molecular weight is 263 g/mol. The molecule has 1 aromatic carbocycles. The van der Waals surface area contributed by atoms with E-state index in [0.717, 1.165) is 11.3 Å². The quantitative estimate of drug-likeness (QED) is 0.910. The third-order valence-corrected chi connectivity index (χ3v) is 3.17. The number of ether oxygens (including phenoxy) is 1. The largest absolute Gasteiger partial charge is 0.476 e. The molecule has 0 saturated heterocycles. The van der Waals surface area contributed by atoms with E-state index < -0.39 is 5.60 Å². The van der Waals surface area contributed by atoms with Gasteiger partial charge in [-0.1, -0.05) is 19.9 Å². The highest BCUT2D eigenvalue weighted by Gasteiger charge is 2.40. The molecule has 0 atom stereocenters. The molecule has 104 valence electrons. The zero-order valence-electron chi connectivity index (χ0n) is 11.9. The first kappa shape index (κ1) is 13.9. The monoisotopic (exact) mass is 263 g/mol. The van der Waals surface area contributed by atoms with E-state index >= 15 is 0 Å². The van der Waals surface area contributed by atoms with E-state index in [9.17, 15) is 9.90 Å². The van der Waals surface area contributed by atoms with Gasteiger partial charge in [-0.15, -0.1) is 0 Å². The fourth-order valence-electron chi connectivity index (χ4n) is 2.26. The van der Waals surface area contributed by atoms with E-state index in [4.69, 9.17) is 4.74 Å².